The van der Waals surface area contributed by atoms with Gasteiger partial charge in [0, 0.05) is 24.1 Å². The van der Waals surface area contributed by atoms with Gasteiger partial charge in [-0.2, -0.15) is 0 Å². The number of hydrogen-bond donors (Lipinski definition) is 2. The summed E-state index contributed by atoms with van der Waals surface area (Å²) in [6.07, 6.45) is 1.95. The molecule has 0 aliphatic heterocycles. The molecule has 0 unspecified atom stereocenters. The van der Waals surface area contributed by atoms with E-state index in [9.17, 15) is 9.18 Å². The predicted molar refractivity (Wildman–Crippen MR) is 91.2 cm³/mol. The van der Waals surface area contributed by atoms with Crippen molar-refractivity contribution in [3.05, 3.63) is 71.0 Å². The van der Waals surface area contributed by atoms with Crippen LogP contribution in [0.2, 0.25) is 0 Å². The van der Waals surface area contributed by atoms with Crippen molar-refractivity contribution in [3.63, 3.8) is 0 Å². The van der Waals surface area contributed by atoms with Crippen molar-refractivity contribution >= 4 is 18.3 Å². The zero-order chi connectivity index (χ0) is 15.6. The van der Waals surface area contributed by atoms with Crippen LogP contribution < -0.4 is 11.1 Å². The standard InChI is InChI=1S/C18H19FN2O.ClH/c19-16-3-1-2-15(10-16)18(8-9-18)12-21-17(22)14-6-4-13(11-20)5-7-14;/h1-7,10H,8-9,11-12,20H2,(H,21,22);1H. The van der Waals surface area contributed by atoms with Crippen LogP contribution >= 0.6 is 12.4 Å². The molecule has 3 nitrogen and oxygen atoms in total. The van der Waals surface area contributed by atoms with Crippen molar-refractivity contribution in [3.8, 4) is 0 Å². The second-order valence-corrected chi connectivity index (χ2v) is 5.87. The number of nitrogens with one attached hydrogen (secondary N) is 1. The molecule has 0 aromatic heterocycles. The summed E-state index contributed by atoms with van der Waals surface area (Å²) < 4.78 is 13.4. The van der Waals surface area contributed by atoms with Crippen LogP contribution in [0.25, 0.3) is 0 Å². The number of carbonyl (C=O) groups excluding carboxylic acids is 1. The first kappa shape index (κ1) is 17.4. The van der Waals surface area contributed by atoms with E-state index in [1.54, 1.807) is 24.3 Å². The van der Waals surface area contributed by atoms with Gasteiger partial charge in [-0.1, -0.05) is 24.3 Å². The summed E-state index contributed by atoms with van der Waals surface area (Å²) in [6, 6.07) is 13.9. The number of halogens is 2. The van der Waals surface area contributed by atoms with Crippen molar-refractivity contribution in [2.45, 2.75) is 24.8 Å². The van der Waals surface area contributed by atoms with Gasteiger partial charge in [-0.05, 0) is 48.2 Å². The van der Waals surface area contributed by atoms with E-state index in [2.05, 4.69) is 5.32 Å². The van der Waals surface area contributed by atoms with Gasteiger partial charge in [-0.15, -0.1) is 12.4 Å². The molecule has 3 rings (SSSR count). The molecule has 2 aromatic carbocycles. The predicted octanol–water partition coefficient (Wildman–Crippen LogP) is 3.17. The van der Waals surface area contributed by atoms with Gasteiger partial charge in [0.25, 0.3) is 5.91 Å². The molecule has 5 heteroatoms. The smallest absolute Gasteiger partial charge is 0.251 e. The van der Waals surface area contributed by atoms with Crippen LogP contribution in [0.15, 0.2) is 48.5 Å². The van der Waals surface area contributed by atoms with Crippen LogP contribution in [0, 0.1) is 5.82 Å². The molecular weight excluding hydrogens is 315 g/mol. The Bertz CT molecular complexity index is 684. The number of nitrogens with two attached hydrogens (primary N) is 1. The summed E-state index contributed by atoms with van der Waals surface area (Å²) in [4.78, 5) is 12.2. The Kier molecular flexibility index (Phi) is 5.39. The molecule has 23 heavy (non-hydrogen) atoms. The summed E-state index contributed by atoms with van der Waals surface area (Å²) in [7, 11) is 0. The van der Waals surface area contributed by atoms with E-state index in [-0.39, 0.29) is 29.5 Å². The minimum absolute atomic E-state index is 0. The monoisotopic (exact) mass is 334 g/mol. The van der Waals surface area contributed by atoms with Crippen LogP contribution in [-0.4, -0.2) is 12.5 Å². The van der Waals surface area contributed by atoms with Crippen LogP contribution in [0.5, 0.6) is 0 Å². The highest BCUT2D eigenvalue weighted by molar-refractivity contribution is 5.94. The highest BCUT2D eigenvalue weighted by Crippen LogP contribution is 2.47. The molecule has 1 amide bonds. The van der Waals surface area contributed by atoms with Gasteiger partial charge in [0.15, 0.2) is 0 Å². The molecule has 0 heterocycles. The van der Waals surface area contributed by atoms with E-state index in [0.29, 0.717) is 18.7 Å². The number of amides is 1. The minimum Gasteiger partial charge on any atom is -0.351 e. The molecule has 0 saturated heterocycles. The molecule has 1 saturated carbocycles. The highest BCUT2D eigenvalue weighted by atomic mass is 35.5. The molecule has 0 atom stereocenters. The quantitative estimate of drug-likeness (QED) is 0.882. The van der Waals surface area contributed by atoms with Crippen LogP contribution in [0.1, 0.15) is 34.3 Å². The molecule has 122 valence electrons. The van der Waals surface area contributed by atoms with Crippen LogP contribution in [-0.2, 0) is 12.0 Å². The van der Waals surface area contributed by atoms with Crippen molar-refractivity contribution in [1.29, 1.82) is 0 Å². The Hall–Kier alpha value is -1.91. The van der Waals surface area contributed by atoms with Gasteiger partial charge in [0.1, 0.15) is 5.82 Å². The maximum absolute atomic E-state index is 13.4. The SMILES string of the molecule is Cl.NCc1ccc(C(=O)NCC2(c3cccc(F)c3)CC2)cc1. The Labute approximate surface area is 141 Å². The number of benzene rings is 2. The molecular formula is C18H20ClFN2O. The maximum atomic E-state index is 13.4. The molecule has 0 radical (unpaired) electrons. The Balaban J connectivity index is 0.00000192. The van der Waals surface area contributed by atoms with Gasteiger partial charge in [-0.3, -0.25) is 4.79 Å². The fourth-order valence-corrected chi connectivity index (χ4v) is 2.68. The summed E-state index contributed by atoms with van der Waals surface area (Å²) >= 11 is 0. The van der Waals surface area contributed by atoms with Gasteiger partial charge < -0.3 is 11.1 Å². The van der Waals surface area contributed by atoms with Crippen molar-refractivity contribution in [2.24, 2.45) is 5.73 Å². The molecule has 1 fully saturated rings. The first-order chi connectivity index (χ1) is 10.6. The Morgan fingerprint density at radius 1 is 1.17 bits per heavy atom. The molecule has 3 N–H and O–H groups in total. The molecule has 1 aliphatic rings. The van der Waals surface area contributed by atoms with E-state index in [1.807, 2.05) is 18.2 Å². The second-order valence-electron chi connectivity index (χ2n) is 5.87. The third-order valence-electron chi connectivity index (χ3n) is 4.33. The summed E-state index contributed by atoms with van der Waals surface area (Å²) in [5.41, 5.74) is 8.02. The lowest BCUT2D eigenvalue weighted by Crippen LogP contribution is -2.32. The first-order valence-electron chi connectivity index (χ1n) is 7.46. The topological polar surface area (TPSA) is 55.1 Å². The van der Waals surface area contributed by atoms with Crippen LogP contribution in [0.4, 0.5) is 4.39 Å². The normalized spacial score (nSPS) is 14.7. The summed E-state index contributed by atoms with van der Waals surface area (Å²) in [5, 5.41) is 2.96. The fourth-order valence-electron chi connectivity index (χ4n) is 2.68. The average molecular weight is 335 g/mol. The van der Waals surface area contributed by atoms with Crippen molar-refractivity contribution in [2.75, 3.05) is 6.54 Å². The number of hydrogen-bond acceptors (Lipinski definition) is 2. The Morgan fingerprint density at radius 2 is 1.87 bits per heavy atom. The van der Waals surface area contributed by atoms with E-state index in [4.69, 9.17) is 5.73 Å². The Morgan fingerprint density at radius 3 is 2.43 bits per heavy atom. The molecule has 2 aromatic rings. The van der Waals surface area contributed by atoms with Crippen molar-refractivity contribution in [1.82, 2.24) is 5.32 Å². The molecule has 1 aliphatic carbocycles. The number of rotatable bonds is 5. The van der Waals surface area contributed by atoms with Crippen LogP contribution in [0.3, 0.4) is 0 Å². The summed E-state index contributed by atoms with van der Waals surface area (Å²) in [6.45, 7) is 0.999. The largest absolute Gasteiger partial charge is 0.351 e. The highest BCUT2D eigenvalue weighted by Gasteiger charge is 2.44. The van der Waals surface area contributed by atoms with Gasteiger partial charge in [0.05, 0.1) is 0 Å². The van der Waals surface area contributed by atoms with Gasteiger partial charge >= 0.3 is 0 Å². The third-order valence-corrected chi connectivity index (χ3v) is 4.33. The van der Waals surface area contributed by atoms with Gasteiger partial charge in [-0.25, -0.2) is 4.39 Å². The van der Waals surface area contributed by atoms with Gasteiger partial charge in [0.2, 0.25) is 0 Å². The number of carbonyl (C=O) groups is 1. The van der Waals surface area contributed by atoms with E-state index >= 15 is 0 Å². The van der Waals surface area contributed by atoms with E-state index in [1.165, 1.54) is 6.07 Å². The van der Waals surface area contributed by atoms with E-state index < -0.39 is 0 Å². The fraction of sp³-hybridized carbons (Fsp3) is 0.278. The zero-order valence-corrected chi connectivity index (χ0v) is 13.5. The second kappa shape index (κ2) is 7.11. The van der Waals surface area contributed by atoms with Crippen molar-refractivity contribution < 1.29 is 9.18 Å². The maximum Gasteiger partial charge on any atom is 0.251 e. The zero-order valence-electron chi connectivity index (χ0n) is 12.7. The van der Waals surface area contributed by atoms with E-state index in [0.717, 1.165) is 24.0 Å². The lowest BCUT2D eigenvalue weighted by molar-refractivity contribution is 0.0949. The molecule has 0 bridgehead atoms. The summed E-state index contributed by atoms with van der Waals surface area (Å²) in [5.74, 6) is -0.335. The average Bonchev–Trinajstić information content (AvgIpc) is 3.34. The molecule has 0 spiro atoms. The lowest BCUT2D eigenvalue weighted by Gasteiger charge is -2.17. The lowest BCUT2D eigenvalue weighted by atomic mass is 9.95. The third kappa shape index (κ3) is 3.89. The minimum atomic E-state index is -0.229. The first-order valence-corrected chi connectivity index (χ1v) is 7.46.